The predicted octanol–water partition coefficient (Wildman–Crippen LogP) is 1.38. The van der Waals surface area contributed by atoms with Gasteiger partial charge in [-0.1, -0.05) is 42.5 Å². The standard InChI is InChI=1S/C20H21N7O2/c1-13-10-15(20(29)26(2)18-17(13)21-8-9-22-18)23-19(28)16-12-27(25-24-16)11-14-6-4-3-5-7-14/h3-9,12-13,15H,10-11H2,1-2H3,(H,23,28)/t13-,15+/m0/s1. The van der Waals surface area contributed by atoms with Gasteiger partial charge in [-0.15, -0.1) is 5.10 Å². The third-order valence-electron chi connectivity index (χ3n) is 4.97. The predicted molar refractivity (Wildman–Crippen MR) is 105 cm³/mol. The molecule has 0 saturated carbocycles. The second-order valence-corrected chi connectivity index (χ2v) is 7.11. The first-order valence-electron chi connectivity index (χ1n) is 9.36. The van der Waals surface area contributed by atoms with Crippen molar-refractivity contribution in [3.63, 3.8) is 0 Å². The molecule has 2 amide bonds. The van der Waals surface area contributed by atoms with Gasteiger partial charge in [-0.05, 0) is 12.0 Å². The molecule has 3 heterocycles. The summed E-state index contributed by atoms with van der Waals surface area (Å²) >= 11 is 0. The van der Waals surface area contributed by atoms with Crippen LogP contribution in [0.2, 0.25) is 0 Å². The summed E-state index contributed by atoms with van der Waals surface area (Å²) in [4.78, 5) is 35.7. The third kappa shape index (κ3) is 3.84. The van der Waals surface area contributed by atoms with Crippen LogP contribution in [0.3, 0.4) is 0 Å². The van der Waals surface area contributed by atoms with Crippen molar-refractivity contribution in [3.8, 4) is 0 Å². The van der Waals surface area contributed by atoms with Crippen molar-refractivity contribution < 1.29 is 9.59 Å². The first-order chi connectivity index (χ1) is 14.0. The highest BCUT2D eigenvalue weighted by Crippen LogP contribution is 2.30. The number of hydrogen-bond donors (Lipinski definition) is 1. The maximum absolute atomic E-state index is 12.9. The quantitative estimate of drug-likeness (QED) is 0.720. The lowest BCUT2D eigenvalue weighted by atomic mass is 9.99. The van der Waals surface area contributed by atoms with Crippen LogP contribution in [0, 0.1) is 0 Å². The number of aromatic nitrogens is 5. The molecule has 1 aliphatic heterocycles. The second kappa shape index (κ2) is 7.78. The molecule has 0 saturated heterocycles. The molecule has 1 aromatic carbocycles. The zero-order valence-electron chi connectivity index (χ0n) is 16.2. The fraction of sp³-hybridized carbons (Fsp3) is 0.300. The van der Waals surface area contributed by atoms with Gasteiger partial charge in [0.25, 0.3) is 11.8 Å². The largest absolute Gasteiger partial charge is 0.339 e. The molecule has 4 rings (SSSR count). The number of rotatable bonds is 4. The van der Waals surface area contributed by atoms with E-state index in [0.717, 1.165) is 11.3 Å². The van der Waals surface area contributed by atoms with E-state index in [2.05, 4.69) is 25.6 Å². The Hall–Kier alpha value is -3.62. The molecule has 0 unspecified atom stereocenters. The molecule has 0 radical (unpaired) electrons. The van der Waals surface area contributed by atoms with Crippen LogP contribution >= 0.6 is 0 Å². The molecule has 2 atom stereocenters. The van der Waals surface area contributed by atoms with Crippen LogP contribution in [0.25, 0.3) is 0 Å². The molecule has 3 aromatic rings. The topological polar surface area (TPSA) is 106 Å². The fourth-order valence-corrected chi connectivity index (χ4v) is 3.45. The molecule has 148 valence electrons. The fourth-order valence-electron chi connectivity index (χ4n) is 3.45. The Labute approximate surface area is 167 Å². The molecule has 29 heavy (non-hydrogen) atoms. The average molecular weight is 391 g/mol. The minimum absolute atomic E-state index is 0.0355. The van der Waals surface area contributed by atoms with Gasteiger partial charge in [-0.25, -0.2) is 9.67 Å². The zero-order chi connectivity index (χ0) is 20.4. The van der Waals surface area contributed by atoms with Gasteiger partial charge in [0.1, 0.15) is 6.04 Å². The van der Waals surface area contributed by atoms with E-state index in [1.807, 2.05) is 37.3 Å². The Kier molecular flexibility index (Phi) is 5.03. The molecule has 1 N–H and O–H groups in total. The lowest BCUT2D eigenvalue weighted by molar-refractivity contribution is -0.120. The van der Waals surface area contributed by atoms with Crippen LogP contribution in [0.1, 0.15) is 41.0 Å². The highest BCUT2D eigenvalue weighted by atomic mass is 16.2. The maximum Gasteiger partial charge on any atom is 0.274 e. The van der Waals surface area contributed by atoms with E-state index in [-0.39, 0.29) is 17.5 Å². The smallest absolute Gasteiger partial charge is 0.274 e. The van der Waals surface area contributed by atoms with Crippen LogP contribution < -0.4 is 10.2 Å². The van der Waals surface area contributed by atoms with Gasteiger partial charge >= 0.3 is 0 Å². The molecular formula is C20H21N7O2. The Morgan fingerprint density at radius 3 is 2.76 bits per heavy atom. The van der Waals surface area contributed by atoms with Crippen molar-refractivity contribution in [2.45, 2.75) is 31.8 Å². The minimum Gasteiger partial charge on any atom is -0.339 e. The van der Waals surface area contributed by atoms with Crippen LogP contribution in [0.15, 0.2) is 48.9 Å². The summed E-state index contributed by atoms with van der Waals surface area (Å²) in [7, 11) is 1.64. The summed E-state index contributed by atoms with van der Waals surface area (Å²) in [6, 6.07) is 9.08. The van der Waals surface area contributed by atoms with E-state index in [4.69, 9.17) is 0 Å². The van der Waals surface area contributed by atoms with Crippen molar-refractivity contribution >= 4 is 17.6 Å². The Bertz CT molecular complexity index is 1030. The molecule has 0 aliphatic carbocycles. The highest BCUT2D eigenvalue weighted by Gasteiger charge is 2.34. The van der Waals surface area contributed by atoms with Crippen LogP contribution in [-0.4, -0.2) is 49.9 Å². The minimum atomic E-state index is -0.697. The number of benzene rings is 1. The monoisotopic (exact) mass is 391 g/mol. The first-order valence-corrected chi connectivity index (χ1v) is 9.36. The molecule has 2 aromatic heterocycles. The summed E-state index contributed by atoms with van der Waals surface area (Å²) in [5, 5.41) is 10.8. The Morgan fingerprint density at radius 2 is 1.97 bits per heavy atom. The summed E-state index contributed by atoms with van der Waals surface area (Å²) in [6.45, 7) is 2.48. The number of fused-ring (bicyclic) bond motifs is 1. The SMILES string of the molecule is C[C@H]1C[C@@H](NC(=O)c2cn(Cc3ccccc3)nn2)C(=O)N(C)c2nccnc21. The van der Waals surface area contributed by atoms with Gasteiger partial charge in [0.2, 0.25) is 0 Å². The number of anilines is 1. The van der Waals surface area contributed by atoms with Gasteiger partial charge in [0.05, 0.1) is 18.4 Å². The Balaban J connectivity index is 1.48. The van der Waals surface area contributed by atoms with E-state index in [1.54, 1.807) is 30.3 Å². The summed E-state index contributed by atoms with van der Waals surface area (Å²) < 4.78 is 1.59. The number of amides is 2. The number of hydrogen-bond acceptors (Lipinski definition) is 6. The third-order valence-corrected chi connectivity index (χ3v) is 4.97. The summed E-state index contributed by atoms with van der Waals surface area (Å²) in [5.74, 6) is -0.182. The first kappa shape index (κ1) is 18.7. The van der Waals surface area contributed by atoms with Crippen molar-refractivity contribution in [1.29, 1.82) is 0 Å². The number of likely N-dealkylation sites (N-methyl/N-ethyl adjacent to an activating group) is 1. The molecule has 1 aliphatic rings. The van der Waals surface area contributed by atoms with Gasteiger partial charge in [0, 0.05) is 25.4 Å². The lowest BCUT2D eigenvalue weighted by Gasteiger charge is -2.20. The van der Waals surface area contributed by atoms with Crippen LogP contribution in [0.5, 0.6) is 0 Å². The molecule has 0 fully saturated rings. The van der Waals surface area contributed by atoms with Crippen LogP contribution in [0.4, 0.5) is 5.82 Å². The molecule has 9 heteroatoms. The van der Waals surface area contributed by atoms with Gasteiger partial charge in [0.15, 0.2) is 11.5 Å². The average Bonchev–Trinajstić information content (AvgIpc) is 3.18. The molecule has 0 bridgehead atoms. The van der Waals surface area contributed by atoms with E-state index >= 15 is 0 Å². The maximum atomic E-state index is 12.9. The number of nitrogens with one attached hydrogen (secondary N) is 1. The highest BCUT2D eigenvalue weighted by molar-refractivity contribution is 6.01. The Morgan fingerprint density at radius 1 is 1.21 bits per heavy atom. The number of carbonyl (C=O) groups excluding carboxylic acids is 2. The van der Waals surface area contributed by atoms with Crippen molar-refractivity contribution in [3.05, 3.63) is 65.9 Å². The summed E-state index contributed by atoms with van der Waals surface area (Å²) in [6.07, 6.45) is 5.17. The van der Waals surface area contributed by atoms with E-state index in [9.17, 15) is 9.59 Å². The van der Waals surface area contributed by atoms with Crippen molar-refractivity contribution in [2.24, 2.45) is 0 Å². The second-order valence-electron chi connectivity index (χ2n) is 7.11. The molecule has 9 nitrogen and oxygen atoms in total. The molecule has 0 spiro atoms. The van der Waals surface area contributed by atoms with Gasteiger partial charge < -0.3 is 5.32 Å². The van der Waals surface area contributed by atoms with Crippen LogP contribution in [-0.2, 0) is 11.3 Å². The zero-order valence-corrected chi connectivity index (χ0v) is 16.2. The molecular weight excluding hydrogens is 370 g/mol. The number of carbonyl (C=O) groups is 2. The van der Waals surface area contributed by atoms with E-state index in [0.29, 0.717) is 18.8 Å². The number of nitrogens with zero attached hydrogens (tertiary/aromatic N) is 6. The van der Waals surface area contributed by atoms with E-state index < -0.39 is 11.9 Å². The lowest BCUT2D eigenvalue weighted by Crippen LogP contribution is -2.47. The van der Waals surface area contributed by atoms with Crippen molar-refractivity contribution in [2.75, 3.05) is 11.9 Å². The van der Waals surface area contributed by atoms with Gasteiger partial charge in [-0.3, -0.25) is 19.5 Å². The van der Waals surface area contributed by atoms with Crippen molar-refractivity contribution in [1.82, 2.24) is 30.3 Å². The van der Waals surface area contributed by atoms with Gasteiger partial charge in [-0.2, -0.15) is 0 Å². The summed E-state index contributed by atoms with van der Waals surface area (Å²) in [5.41, 5.74) is 1.97. The van der Waals surface area contributed by atoms with E-state index in [1.165, 1.54) is 4.90 Å². The normalized spacial score (nSPS) is 18.8.